The number of carbonyl (C=O) groups is 6. The highest BCUT2D eigenvalue weighted by Gasteiger charge is 2.32. The van der Waals surface area contributed by atoms with E-state index in [2.05, 4.69) is 21.3 Å². The summed E-state index contributed by atoms with van der Waals surface area (Å²) in [5, 5.41) is 51.4. The molecule has 296 valence electrons. The summed E-state index contributed by atoms with van der Waals surface area (Å²) >= 11 is 0. The molecule has 3 aromatic rings. The van der Waals surface area contributed by atoms with Crippen molar-refractivity contribution in [2.24, 2.45) is 11.8 Å². The van der Waals surface area contributed by atoms with Gasteiger partial charge in [-0.15, -0.1) is 0 Å². The molecule has 0 fully saturated rings. The maximum atomic E-state index is 13.4. The number of amides is 4. The van der Waals surface area contributed by atoms with Gasteiger partial charge in [-0.25, -0.2) is 4.79 Å². The van der Waals surface area contributed by atoms with E-state index >= 15 is 0 Å². The molecule has 7 unspecified atom stereocenters. The first-order valence-electron chi connectivity index (χ1n) is 18.3. The molecule has 3 rings (SSSR count). The highest BCUT2D eigenvalue weighted by molar-refractivity contribution is 5.93. The molecule has 55 heavy (non-hydrogen) atoms. The van der Waals surface area contributed by atoms with Crippen LogP contribution >= 0.6 is 0 Å². The SMILES string of the molecule is CC(C)CC(NC(=O)C(O)c1ccccc1-c1ccccc1)C(O)CC(C)C(=O)NC(C)C(=O)NC(CCC(=O)O)C(=O)NC(Cc1ccccc1)C(=O)O. The van der Waals surface area contributed by atoms with Crippen LogP contribution in [0, 0.1) is 11.8 Å². The van der Waals surface area contributed by atoms with Crippen LogP contribution in [-0.2, 0) is 35.2 Å². The molecular weight excluding hydrogens is 708 g/mol. The van der Waals surface area contributed by atoms with E-state index in [0.29, 0.717) is 23.1 Å². The van der Waals surface area contributed by atoms with Crippen LogP contribution in [-0.4, -0.2) is 86.3 Å². The smallest absolute Gasteiger partial charge is 0.326 e. The van der Waals surface area contributed by atoms with Gasteiger partial charge in [0.05, 0.1) is 12.1 Å². The Morgan fingerprint density at radius 2 is 1.20 bits per heavy atom. The number of hydrogen-bond donors (Lipinski definition) is 8. The first-order valence-corrected chi connectivity index (χ1v) is 18.3. The lowest BCUT2D eigenvalue weighted by atomic mass is 9.91. The van der Waals surface area contributed by atoms with Gasteiger partial charge in [0.2, 0.25) is 17.7 Å². The first-order chi connectivity index (χ1) is 26.1. The zero-order valence-corrected chi connectivity index (χ0v) is 31.5. The number of benzene rings is 3. The third kappa shape index (κ3) is 14.0. The van der Waals surface area contributed by atoms with Crippen LogP contribution in [0.3, 0.4) is 0 Å². The van der Waals surface area contributed by atoms with Crippen LogP contribution in [0.2, 0.25) is 0 Å². The lowest BCUT2D eigenvalue weighted by Crippen LogP contribution is -2.56. The van der Waals surface area contributed by atoms with Crippen LogP contribution in [0.25, 0.3) is 11.1 Å². The molecule has 0 radical (unpaired) electrons. The monoisotopic (exact) mass is 760 g/mol. The highest BCUT2D eigenvalue weighted by atomic mass is 16.4. The number of aliphatic hydroxyl groups excluding tert-OH is 2. The van der Waals surface area contributed by atoms with Crippen LogP contribution < -0.4 is 21.3 Å². The van der Waals surface area contributed by atoms with E-state index < -0.39 is 84.3 Å². The number of carboxylic acid groups (broad SMARTS) is 2. The number of carboxylic acids is 2. The lowest BCUT2D eigenvalue weighted by Gasteiger charge is -2.29. The molecule has 0 aliphatic rings. The molecule has 0 aliphatic carbocycles. The quantitative estimate of drug-likeness (QED) is 0.0791. The van der Waals surface area contributed by atoms with Gasteiger partial charge in [-0.2, -0.15) is 0 Å². The average Bonchev–Trinajstić information content (AvgIpc) is 3.15. The molecule has 14 nitrogen and oxygen atoms in total. The molecule has 14 heteroatoms. The largest absolute Gasteiger partial charge is 0.481 e. The molecule has 8 N–H and O–H groups in total. The van der Waals surface area contributed by atoms with E-state index in [-0.39, 0.29) is 25.2 Å². The van der Waals surface area contributed by atoms with Gasteiger partial charge < -0.3 is 41.7 Å². The molecule has 0 aliphatic heterocycles. The minimum Gasteiger partial charge on any atom is -0.481 e. The van der Waals surface area contributed by atoms with Gasteiger partial charge in [-0.3, -0.25) is 24.0 Å². The van der Waals surface area contributed by atoms with Gasteiger partial charge in [-0.1, -0.05) is 106 Å². The summed E-state index contributed by atoms with van der Waals surface area (Å²) in [5.74, 6) is -6.45. The van der Waals surface area contributed by atoms with E-state index in [0.717, 1.165) is 5.56 Å². The van der Waals surface area contributed by atoms with Crippen molar-refractivity contribution in [3.63, 3.8) is 0 Å². The minimum atomic E-state index is -1.54. The summed E-state index contributed by atoms with van der Waals surface area (Å²) in [6.07, 6.45) is -3.44. The summed E-state index contributed by atoms with van der Waals surface area (Å²) in [4.78, 5) is 76.1. The summed E-state index contributed by atoms with van der Waals surface area (Å²) in [6, 6.07) is 20.0. The second-order valence-electron chi connectivity index (χ2n) is 14.1. The summed E-state index contributed by atoms with van der Waals surface area (Å²) in [7, 11) is 0. The molecule has 0 saturated heterocycles. The Bertz CT molecular complexity index is 1750. The Balaban J connectivity index is 1.63. The van der Waals surface area contributed by atoms with Crippen molar-refractivity contribution in [1.82, 2.24) is 21.3 Å². The Kier molecular flexibility index (Phi) is 17.0. The molecule has 0 spiro atoms. The number of aliphatic hydroxyl groups is 2. The van der Waals surface area contributed by atoms with Gasteiger partial charge in [-0.05, 0) is 54.4 Å². The van der Waals surface area contributed by atoms with E-state index in [1.807, 2.05) is 44.2 Å². The fraction of sp³-hybridized carbons (Fsp3) is 0.415. The van der Waals surface area contributed by atoms with Gasteiger partial charge in [0, 0.05) is 18.8 Å². The van der Waals surface area contributed by atoms with Gasteiger partial charge in [0.15, 0.2) is 6.10 Å². The van der Waals surface area contributed by atoms with Crippen LogP contribution in [0.15, 0.2) is 84.9 Å². The lowest BCUT2D eigenvalue weighted by molar-refractivity contribution is -0.143. The van der Waals surface area contributed by atoms with E-state index in [9.17, 15) is 49.2 Å². The molecule has 7 atom stereocenters. The van der Waals surface area contributed by atoms with Crippen molar-refractivity contribution < 1.29 is 49.2 Å². The second kappa shape index (κ2) is 21.3. The van der Waals surface area contributed by atoms with Crippen molar-refractivity contribution in [2.45, 2.75) is 96.2 Å². The molecule has 0 saturated carbocycles. The highest BCUT2D eigenvalue weighted by Crippen LogP contribution is 2.29. The zero-order valence-electron chi connectivity index (χ0n) is 31.5. The number of carbonyl (C=O) groups excluding carboxylic acids is 4. The van der Waals surface area contributed by atoms with Gasteiger partial charge >= 0.3 is 11.9 Å². The second-order valence-corrected chi connectivity index (χ2v) is 14.1. The normalized spacial score (nSPS) is 15.0. The Morgan fingerprint density at radius 1 is 0.618 bits per heavy atom. The Morgan fingerprint density at radius 3 is 1.80 bits per heavy atom. The van der Waals surface area contributed by atoms with Crippen LogP contribution in [0.5, 0.6) is 0 Å². The number of aliphatic carboxylic acids is 2. The molecule has 3 aromatic carbocycles. The fourth-order valence-electron chi connectivity index (χ4n) is 6.05. The van der Waals surface area contributed by atoms with Crippen molar-refractivity contribution in [1.29, 1.82) is 0 Å². The van der Waals surface area contributed by atoms with Crippen molar-refractivity contribution >= 4 is 35.6 Å². The summed E-state index contributed by atoms with van der Waals surface area (Å²) in [6.45, 7) is 6.69. The molecular formula is C41H52N4O10. The predicted octanol–water partition coefficient (Wildman–Crippen LogP) is 2.97. The number of rotatable bonds is 21. The number of hydrogen-bond acceptors (Lipinski definition) is 8. The molecule has 0 aromatic heterocycles. The molecule has 0 heterocycles. The number of nitrogens with one attached hydrogen (secondary N) is 4. The Hall–Kier alpha value is -5.60. The summed E-state index contributed by atoms with van der Waals surface area (Å²) < 4.78 is 0. The molecule has 4 amide bonds. The molecule has 0 bridgehead atoms. The van der Waals surface area contributed by atoms with Crippen molar-refractivity contribution in [3.05, 3.63) is 96.1 Å². The summed E-state index contributed by atoms with van der Waals surface area (Å²) in [5.41, 5.74) is 2.52. The van der Waals surface area contributed by atoms with Crippen molar-refractivity contribution in [2.75, 3.05) is 0 Å². The van der Waals surface area contributed by atoms with E-state index in [1.54, 1.807) is 54.6 Å². The Labute approximate surface area is 320 Å². The van der Waals surface area contributed by atoms with Gasteiger partial charge in [0.1, 0.15) is 18.1 Å². The van der Waals surface area contributed by atoms with Crippen molar-refractivity contribution in [3.8, 4) is 11.1 Å². The van der Waals surface area contributed by atoms with Crippen LogP contribution in [0.1, 0.15) is 70.6 Å². The fourth-order valence-corrected chi connectivity index (χ4v) is 6.05. The third-order valence-electron chi connectivity index (χ3n) is 9.08. The minimum absolute atomic E-state index is 0.0249. The van der Waals surface area contributed by atoms with E-state index in [4.69, 9.17) is 0 Å². The standard InChI is InChI=1S/C41H52N4O10/c1-24(2)21-32(44-40(53)36(49)30-18-12-11-17-29(30)28-15-9-6-10-16-28)34(46)22-25(3)37(50)42-26(4)38(51)43-31(19-20-35(47)48)39(52)45-33(41(54)55)23-27-13-7-5-8-14-27/h5-18,24-26,31-34,36,46,49H,19-23H2,1-4H3,(H,42,50)(H,43,51)(H,44,53)(H,45,52)(H,47,48)(H,54,55). The van der Waals surface area contributed by atoms with Crippen LogP contribution in [0.4, 0.5) is 0 Å². The first kappa shape index (κ1) is 43.8. The topological polar surface area (TPSA) is 231 Å². The predicted molar refractivity (Wildman–Crippen MR) is 204 cm³/mol. The maximum Gasteiger partial charge on any atom is 0.326 e. The zero-order chi connectivity index (χ0) is 40.7. The van der Waals surface area contributed by atoms with E-state index in [1.165, 1.54) is 13.8 Å². The average molecular weight is 761 g/mol. The maximum absolute atomic E-state index is 13.4. The van der Waals surface area contributed by atoms with Gasteiger partial charge in [0.25, 0.3) is 5.91 Å². The third-order valence-corrected chi connectivity index (χ3v) is 9.08.